The minimum absolute atomic E-state index is 0.716. The van der Waals surface area contributed by atoms with Crippen molar-refractivity contribution in [3.05, 3.63) is 235 Å². The Hall–Kier alpha value is -7.59. The second-order valence-corrected chi connectivity index (χ2v) is 18.6. The summed E-state index contributed by atoms with van der Waals surface area (Å²) in [5, 5.41) is 4.38. The molecule has 288 valence electrons. The van der Waals surface area contributed by atoms with Gasteiger partial charge < -0.3 is 23.5 Å². The summed E-state index contributed by atoms with van der Waals surface area (Å²) in [4.78, 5) is 4.68. The molecule has 0 bridgehead atoms. The molecule has 0 amide bonds. The lowest BCUT2D eigenvalue weighted by Gasteiger charge is -2.47. The van der Waals surface area contributed by atoms with Crippen LogP contribution in [-0.4, -0.2) is 0 Å². The van der Waals surface area contributed by atoms with Crippen LogP contribution in [0.2, 0.25) is 0 Å². The average molecular weight is 803 g/mol. The Kier molecular flexibility index (Phi) is 7.14. The first-order valence-corrected chi connectivity index (χ1v) is 22.3. The van der Waals surface area contributed by atoms with Gasteiger partial charge >= 0.3 is 0 Å². The van der Waals surface area contributed by atoms with Crippen molar-refractivity contribution in [2.24, 2.45) is 0 Å². The van der Waals surface area contributed by atoms with Crippen LogP contribution in [0.1, 0.15) is 22.3 Å². The van der Waals surface area contributed by atoms with E-state index in [0.29, 0.717) is 5.58 Å². The molecule has 0 fully saturated rings. The smallest absolute Gasteiger partial charge is 0.171 e. The summed E-state index contributed by atoms with van der Waals surface area (Å²) in [7, 11) is -3.46. The second-order valence-electron chi connectivity index (χ2n) is 15.9. The molecule has 3 aliphatic heterocycles. The van der Waals surface area contributed by atoms with Crippen molar-refractivity contribution < 1.29 is 13.7 Å². The molecule has 9 aromatic carbocycles. The van der Waals surface area contributed by atoms with E-state index >= 15 is 4.57 Å². The summed E-state index contributed by atoms with van der Waals surface area (Å²) >= 11 is 0. The number of para-hydroxylation sites is 7. The van der Waals surface area contributed by atoms with Crippen LogP contribution in [0.15, 0.2) is 217 Å². The molecule has 0 radical (unpaired) electrons. The van der Waals surface area contributed by atoms with Crippen LogP contribution < -0.4 is 30.5 Å². The van der Waals surface area contributed by atoms with Crippen molar-refractivity contribution >= 4 is 79.1 Å². The summed E-state index contributed by atoms with van der Waals surface area (Å²) in [5.41, 5.74) is 10.9. The maximum atomic E-state index is 16.5. The van der Waals surface area contributed by atoms with Crippen molar-refractivity contribution in [3.63, 3.8) is 0 Å². The highest BCUT2D eigenvalue weighted by Gasteiger charge is 2.55. The number of hydrogen-bond acceptors (Lipinski definition) is 5. The minimum atomic E-state index is -3.46. The van der Waals surface area contributed by atoms with Gasteiger partial charge in [0.1, 0.15) is 22.7 Å². The van der Waals surface area contributed by atoms with Crippen LogP contribution in [-0.2, 0) is 9.98 Å². The van der Waals surface area contributed by atoms with Gasteiger partial charge in [-0.2, -0.15) is 0 Å². The molecule has 4 heterocycles. The van der Waals surface area contributed by atoms with Gasteiger partial charge in [-0.3, -0.25) is 0 Å². The summed E-state index contributed by atoms with van der Waals surface area (Å²) in [6.07, 6.45) is 0. The first kappa shape index (κ1) is 34.3. The van der Waals surface area contributed by atoms with Gasteiger partial charge in [-0.15, -0.1) is 0 Å². The number of fused-ring (bicyclic) bond motifs is 13. The second kappa shape index (κ2) is 12.7. The molecule has 5 nitrogen and oxygen atoms in total. The summed E-state index contributed by atoms with van der Waals surface area (Å²) in [6.45, 7) is 0. The Labute approximate surface area is 352 Å². The lowest BCUT2D eigenvalue weighted by molar-refractivity contribution is 0.435. The van der Waals surface area contributed by atoms with E-state index in [-0.39, 0.29) is 0 Å². The van der Waals surface area contributed by atoms with Crippen molar-refractivity contribution in [3.8, 4) is 11.5 Å². The normalized spacial score (nSPS) is 18.1. The van der Waals surface area contributed by atoms with Crippen LogP contribution in [0.4, 0.5) is 34.1 Å². The van der Waals surface area contributed by atoms with Gasteiger partial charge in [-0.25, -0.2) is 0 Å². The zero-order chi connectivity index (χ0) is 40.3. The molecule has 0 saturated carbocycles. The predicted molar refractivity (Wildman–Crippen MR) is 248 cm³/mol. The SMILES string of the molecule is O=P1(c2ccccc2)c2ccccc2C2(c3ccccc3Oc3cc(N4c5ccccc5N(c5ccccc5)c5ccccc54)ccc32)c2cc3c(cc21)oc1ccccc13. The number of ether oxygens (including phenoxy) is 1. The highest BCUT2D eigenvalue weighted by Crippen LogP contribution is 2.63. The van der Waals surface area contributed by atoms with Crippen LogP contribution in [0, 0.1) is 0 Å². The standard InChI is InChI=1S/C55H35N2O3P/c58-61(38-19-5-2-6-20-38)53-30-16-9-23-43(53)55(44-34-40-39-21-7-14-28-49(39)59-51(40)35-54(44)61)41-22-8-15-29-50(41)60-52-33-37(31-32-42(52)55)57-47-26-12-10-24-45(47)56(36-17-3-1-4-18-36)46-25-11-13-27-48(46)57/h1-35H. The van der Waals surface area contributed by atoms with Crippen molar-refractivity contribution in [1.82, 2.24) is 0 Å². The van der Waals surface area contributed by atoms with Crippen LogP contribution in [0.3, 0.4) is 0 Å². The monoisotopic (exact) mass is 802 g/mol. The zero-order valence-electron chi connectivity index (χ0n) is 32.8. The Balaban J connectivity index is 1.11. The van der Waals surface area contributed by atoms with Crippen LogP contribution >= 0.6 is 7.14 Å². The van der Waals surface area contributed by atoms with Gasteiger partial charge in [-0.05, 0) is 77.9 Å². The average Bonchev–Trinajstić information content (AvgIpc) is 3.69. The molecule has 0 aliphatic carbocycles. The van der Waals surface area contributed by atoms with E-state index in [4.69, 9.17) is 9.15 Å². The maximum Gasteiger partial charge on any atom is 0.171 e. The first-order valence-electron chi connectivity index (χ1n) is 20.6. The number of anilines is 6. The molecular formula is C55H35N2O3P. The fraction of sp³-hybridized carbons (Fsp3) is 0.0182. The van der Waals surface area contributed by atoms with E-state index in [9.17, 15) is 0 Å². The van der Waals surface area contributed by atoms with E-state index in [1.807, 2.05) is 60.7 Å². The molecule has 1 aromatic heterocycles. The predicted octanol–water partition coefficient (Wildman–Crippen LogP) is 13.3. The molecule has 13 rings (SSSR count). The fourth-order valence-corrected chi connectivity index (χ4v) is 13.6. The first-order chi connectivity index (χ1) is 30.1. The van der Waals surface area contributed by atoms with E-state index in [2.05, 4.69) is 161 Å². The molecule has 10 aromatic rings. The Morgan fingerprint density at radius 3 is 1.70 bits per heavy atom. The van der Waals surface area contributed by atoms with Gasteiger partial charge in [0.25, 0.3) is 0 Å². The minimum Gasteiger partial charge on any atom is -0.457 e. The number of nitrogens with zero attached hydrogens (tertiary/aromatic N) is 2. The highest BCUT2D eigenvalue weighted by atomic mass is 31.2. The zero-order valence-corrected chi connectivity index (χ0v) is 33.7. The van der Waals surface area contributed by atoms with Gasteiger partial charge in [0, 0.05) is 49.6 Å². The lowest BCUT2D eigenvalue weighted by Crippen LogP contribution is -2.48. The van der Waals surface area contributed by atoms with Gasteiger partial charge in [0.2, 0.25) is 0 Å². The molecule has 0 N–H and O–H groups in total. The highest BCUT2D eigenvalue weighted by molar-refractivity contribution is 7.85. The lowest BCUT2D eigenvalue weighted by atomic mass is 9.63. The van der Waals surface area contributed by atoms with E-state index in [0.717, 1.165) is 100 Å². The van der Waals surface area contributed by atoms with Crippen molar-refractivity contribution in [1.29, 1.82) is 0 Å². The molecular weight excluding hydrogens is 768 g/mol. The maximum absolute atomic E-state index is 16.5. The van der Waals surface area contributed by atoms with E-state index in [1.165, 1.54) is 0 Å². The molecule has 6 heteroatoms. The number of furan rings is 1. The van der Waals surface area contributed by atoms with Crippen LogP contribution in [0.5, 0.6) is 11.5 Å². The topological polar surface area (TPSA) is 45.9 Å². The molecule has 2 atom stereocenters. The van der Waals surface area contributed by atoms with E-state index < -0.39 is 12.6 Å². The molecule has 3 aliphatic rings. The molecule has 1 spiro atoms. The Bertz CT molecular complexity index is 3420. The Morgan fingerprint density at radius 1 is 0.393 bits per heavy atom. The fourth-order valence-electron chi connectivity index (χ4n) is 10.4. The van der Waals surface area contributed by atoms with Gasteiger partial charge in [-0.1, -0.05) is 140 Å². The van der Waals surface area contributed by atoms with Crippen LogP contribution in [0.25, 0.3) is 21.9 Å². The quantitative estimate of drug-likeness (QED) is 0.167. The Morgan fingerprint density at radius 2 is 0.967 bits per heavy atom. The number of rotatable bonds is 3. The van der Waals surface area contributed by atoms with Gasteiger partial charge in [0.15, 0.2) is 7.14 Å². The summed E-state index contributed by atoms with van der Waals surface area (Å²) < 4.78 is 30.2. The molecule has 2 unspecified atom stereocenters. The van der Waals surface area contributed by atoms with Crippen molar-refractivity contribution in [2.75, 3.05) is 9.80 Å². The third-order valence-electron chi connectivity index (χ3n) is 12.9. The third-order valence-corrected chi connectivity index (χ3v) is 16.0. The number of benzene rings is 9. The van der Waals surface area contributed by atoms with Gasteiger partial charge in [0.05, 0.1) is 33.9 Å². The summed E-state index contributed by atoms with van der Waals surface area (Å²) in [5.74, 6) is 1.50. The third kappa shape index (κ3) is 4.59. The molecule has 0 saturated heterocycles. The largest absolute Gasteiger partial charge is 0.457 e. The molecule has 61 heavy (non-hydrogen) atoms. The summed E-state index contributed by atoms with van der Waals surface area (Å²) in [6, 6.07) is 73.5. The van der Waals surface area contributed by atoms with E-state index in [1.54, 1.807) is 0 Å². The number of hydrogen-bond donors (Lipinski definition) is 0. The van der Waals surface area contributed by atoms with Crippen molar-refractivity contribution in [2.45, 2.75) is 5.41 Å².